The molecule has 1 aromatic heterocycles. The first-order chi connectivity index (χ1) is 5.79. The lowest BCUT2D eigenvalue weighted by Gasteiger charge is -2.21. The monoisotopic (exact) mass is 183 g/mol. The van der Waals surface area contributed by atoms with Crippen molar-refractivity contribution in [3.63, 3.8) is 0 Å². The van der Waals surface area contributed by atoms with Crippen molar-refractivity contribution in [1.29, 1.82) is 0 Å². The molecule has 1 heterocycles. The summed E-state index contributed by atoms with van der Waals surface area (Å²) in [6.45, 7) is 6.06. The second kappa shape index (κ2) is 4.21. The highest BCUT2D eigenvalue weighted by Crippen LogP contribution is 1.95. The first-order valence-corrected chi connectivity index (χ1v) is 4.47. The first kappa shape index (κ1) is 9.19. The van der Waals surface area contributed by atoms with Gasteiger partial charge in [0.2, 0.25) is 0 Å². The van der Waals surface area contributed by atoms with Gasteiger partial charge in [-0.15, -0.1) is 0 Å². The van der Waals surface area contributed by atoms with Crippen LogP contribution >= 0.6 is 12.2 Å². The Morgan fingerprint density at radius 3 is 2.58 bits per heavy atom. The molecule has 0 spiro atoms. The summed E-state index contributed by atoms with van der Waals surface area (Å²) in [5, 5.41) is 0.817. The molecule has 0 radical (unpaired) electrons. The summed E-state index contributed by atoms with van der Waals surface area (Å²) in [4.78, 5) is 6.05. The molecule has 0 aromatic carbocycles. The van der Waals surface area contributed by atoms with E-state index >= 15 is 0 Å². The maximum atomic E-state index is 5.24. The average molecular weight is 183 g/mol. The lowest BCUT2D eigenvalue weighted by molar-refractivity contribution is 0.460. The van der Waals surface area contributed by atoms with Gasteiger partial charge in [-0.2, -0.15) is 0 Å². The number of aromatic nitrogens is 2. The number of imidazole rings is 1. The predicted octanol–water partition coefficient (Wildman–Crippen LogP) is 1.36. The zero-order valence-electron chi connectivity index (χ0n) is 7.40. The van der Waals surface area contributed by atoms with E-state index < -0.39 is 0 Å². The first-order valence-electron chi connectivity index (χ1n) is 4.06. The van der Waals surface area contributed by atoms with E-state index in [2.05, 4.69) is 23.7 Å². The summed E-state index contributed by atoms with van der Waals surface area (Å²) >= 11 is 5.24. The van der Waals surface area contributed by atoms with Crippen molar-refractivity contribution in [3.8, 4) is 0 Å². The summed E-state index contributed by atoms with van der Waals surface area (Å²) in [7, 11) is 0. The summed E-state index contributed by atoms with van der Waals surface area (Å²) in [5.41, 5.74) is 0. The minimum absolute atomic E-state index is 0.817. The molecule has 4 heteroatoms. The number of hydrogen-bond acceptors (Lipinski definition) is 2. The molecule has 0 saturated heterocycles. The van der Waals surface area contributed by atoms with Gasteiger partial charge < -0.3 is 4.90 Å². The van der Waals surface area contributed by atoms with Crippen molar-refractivity contribution in [2.75, 3.05) is 13.1 Å². The smallest absolute Gasteiger partial charge is 0.181 e. The third-order valence-corrected chi connectivity index (χ3v) is 2.23. The van der Waals surface area contributed by atoms with Gasteiger partial charge in [0.1, 0.15) is 6.33 Å². The molecule has 0 atom stereocenters. The molecule has 0 amide bonds. The highest BCUT2D eigenvalue weighted by Gasteiger charge is 2.05. The maximum absolute atomic E-state index is 5.24. The second-order valence-electron chi connectivity index (χ2n) is 2.42. The Morgan fingerprint density at radius 1 is 1.50 bits per heavy atom. The van der Waals surface area contributed by atoms with E-state index in [1.807, 2.05) is 10.8 Å². The quantitative estimate of drug-likeness (QED) is 0.646. The molecular formula is C8H13N3S. The Kier molecular flexibility index (Phi) is 3.22. The van der Waals surface area contributed by atoms with Gasteiger partial charge in [-0.25, -0.2) is 4.98 Å². The Balaban J connectivity index is 2.70. The molecule has 12 heavy (non-hydrogen) atoms. The average Bonchev–Trinajstić information content (AvgIpc) is 2.58. The van der Waals surface area contributed by atoms with Crippen molar-refractivity contribution in [3.05, 3.63) is 18.7 Å². The summed E-state index contributed by atoms with van der Waals surface area (Å²) < 4.78 is 1.85. The van der Waals surface area contributed by atoms with Crippen molar-refractivity contribution in [2.24, 2.45) is 0 Å². The molecule has 0 bridgehead atoms. The Morgan fingerprint density at radius 2 is 2.17 bits per heavy atom. The van der Waals surface area contributed by atoms with E-state index in [-0.39, 0.29) is 0 Å². The fraction of sp³-hybridized carbons (Fsp3) is 0.500. The molecule has 1 aromatic rings. The summed E-state index contributed by atoms with van der Waals surface area (Å²) in [6, 6.07) is 0. The van der Waals surface area contributed by atoms with Crippen molar-refractivity contribution in [1.82, 2.24) is 14.5 Å². The Hall–Kier alpha value is -0.900. The second-order valence-corrected chi connectivity index (χ2v) is 2.79. The summed E-state index contributed by atoms with van der Waals surface area (Å²) in [5.74, 6) is 0. The van der Waals surface area contributed by atoms with Crippen LogP contribution in [-0.4, -0.2) is 32.7 Å². The molecule has 66 valence electrons. The number of thiocarbonyl (C=S) groups is 1. The maximum Gasteiger partial charge on any atom is 0.181 e. The van der Waals surface area contributed by atoms with Crippen LogP contribution < -0.4 is 0 Å². The van der Waals surface area contributed by atoms with Gasteiger partial charge in [0.05, 0.1) is 0 Å². The largest absolute Gasteiger partial charge is 0.349 e. The minimum Gasteiger partial charge on any atom is -0.349 e. The third-order valence-electron chi connectivity index (χ3n) is 1.76. The molecule has 1 rings (SSSR count). The molecule has 0 fully saturated rings. The van der Waals surface area contributed by atoms with Gasteiger partial charge in [-0.05, 0) is 26.1 Å². The fourth-order valence-electron chi connectivity index (χ4n) is 1.03. The Labute approximate surface area is 78.0 Å². The van der Waals surface area contributed by atoms with E-state index in [9.17, 15) is 0 Å². The molecule has 0 N–H and O–H groups in total. The molecule has 0 aliphatic heterocycles. The van der Waals surface area contributed by atoms with Crippen molar-refractivity contribution >= 4 is 17.3 Å². The third kappa shape index (κ3) is 1.82. The topological polar surface area (TPSA) is 21.1 Å². The molecule has 0 aliphatic carbocycles. The number of nitrogens with zero attached hydrogens (tertiary/aromatic N) is 3. The van der Waals surface area contributed by atoms with Gasteiger partial charge >= 0.3 is 0 Å². The van der Waals surface area contributed by atoms with Crippen molar-refractivity contribution < 1.29 is 0 Å². The van der Waals surface area contributed by atoms with E-state index in [4.69, 9.17) is 12.2 Å². The zero-order chi connectivity index (χ0) is 8.97. The van der Waals surface area contributed by atoms with Gasteiger partial charge in [0, 0.05) is 25.5 Å². The van der Waals surface area contributed by atoms with Crippen molar-refractivity contribution in [2.45, 2.75) is 13.8 Å². The van der Waals surface area contributed by atoms with Crippen LogP contribution in [-0.2, 0) is 0 Å². The summed E-state index contributed by atoms with van der Waals surface area (Å²) in [6.07, 6.45) is 5.32. The molecule has 0 unspecified atom stereocenters. The highest BCUT2D eigenvalue weighted by molar-refractivity contribution is 7.80. The van der Waals surface area contributed by atoms with Crippen LogP contribution in [0.2, 0.25) is 0 Å². The van der Waals surface area contributed by atoms with E-state index in [1.165, 1.54) is 0 Å². The van der Waals surface area contributed by atoms with E-state index in [0.717, 1.165) is 18.2 Å². The lowest BCUT2D eigenvalue weighted by Crippen LogP contribution is -2.33. The minimum atomic E-state index is 0.817. The van der Waals surface area contributed by atoms with Crippen LogP contribution in [0.5, 0.6) is 0 Å². The van der Waals surface area contributed by atoms with Gasteiger partial charge in [-0.1, -0.05) is 0 Å². The van der Waals surface area contributed by atoms with E-state index in [0.29, 0.717) is 0 Å². The van der Waals surface area contributed by atoms with Crippen LogP contribution in [0.25, 0.3) is 0 Å². The molecule has 0 aliphatic rings. The predicted molar refractivity (Wildman–Crippen MR) is 53.1 cm³/mol. The normalized spacial score (nSPS) is 9.83. The standard InChI is InChI=1S/C8H13N3S/c1-3-10(4-2)8(12)11-6-5-9-7-11/h5-7H,3-4H2,1-2H3. The molecule has 0 saturated carbocycles. The van der Waals surface area contributed by atoms with Gasteiger partial charge in [-0.3, -0.25) is 4.57 Å². The van der Waals surface area contributed by atoms with Crippen LogP contribution in [0.3, 0.4) is 0 Å². The molecular weight excluding hydrogens is 170 g/mol. The van der Waals surface area contributed by atoms with Crippen LogP contribution in [0.15, 0.2) is 18.7 Å². The lowest BCUT2D eigenvalue weighted by atomic mass is 10.5. The number of rotatable bonds is 2. The van der Waals surface area contributed by atoms with Gasteiger partial charge in [0.25, 0.3) is 0 Å². The van der Waals surface area contributed by atoms with Crippen LogP contribution in [0.1, 0.15) is 13.8 Å². The van der Waals surface area contributed by atoms with Crippen LogP contribution in [0.4, 0.5) is 0 Å². The zero-order valence-corrected chi connectivity index (χ0v) is 8.21. The van der Waals surface area contributed by atoms with Gasteiger partial charge in [0.15, 0.2) is 5.11 Å². The Bertz CT molecular complexity index is 239. The number of hydrogen-bond donors (Lipinski definition) is 0. The van der Waals surface area contributed by atoms with E-state index in [1.54, 1.807) is 12.5 Å². The SMILES string of the molecule is CCN(CC)C(=S)n1ccnc1. The highest BCUT2D eigenvalue weighted by atomic mass is 32.1. The van der Waals surface area contributed by atoms with Crippen LogP contribution in [0, 0.1) is 0 Å². The fourth-order valence-corrected chi connectivity index (χ4v) is 1.40. The molecule has 3 nitrogen and oxygen atoms in total.